The van der Waals surface area contributed by atoms with Crippen LogP contribution in [0, 0.1) is 11.8 Å². The fourth-order valence-corrected chi connectivity index (χ4v) is 4.22. The zero-order valence-electron chi connectivity index (χ0n) is 13.3. The molecule has 0 aromatic heterocycles. The summed E-state index contributed by atoms with van der Waals surface area (Å²) in [5.41, 5.74) is 1.74. The highest BCUT2D eigenvalue weighted by Crippen LogP contribution is 2.16. The Morgan fingerprint density at radius 1 is 1.05 bits per heavy atom. The molecule has 0 radical (unpaired) electrons. The second-order valence-electron chi connectivity index (χ2n) is 6.31. The highest BCUT2D eigenvalue weighted by atomic mass is 35.5. The van der Waals surface area contributed by atoms with E-state index in [0.29, 0.717) is 30.8 Å². The van der Waals surface area contributed by atoms with Gasteiger partial charge in [-0.1, -0.05) is 52.0 Å². The summed E-state index contributed by atoms with van der Waals surface area (Å²) in [5, 5.41) is 0. The molecule has 0 bridgehead atoms. The minimum Gasteiger partial charge on any atom is -0.212 e. The van der Waals surface area contributed by atoms with Gasteiger partial charge in [-0.25, -0.2) is 12.7 Å². The average molecular weight is 332 g/mol. The monoisotopic (exact) mass is 331 g/mol. The van der Waals surface area contributed by atoms with Crippen LogP contribution in [0.4, 0.5) is 0 Å². The standard InChI is InChI=1S/C16H26ClNO2S/c1-13(2)10-18(11-14(3)4)21(19,20)12-16-7-5-6-15(8-16)9-17/h5-8,13-14H,9-12H2,1-4H3. The summed E-state index contributed by atoms with van der Waals surface area (Å²) >= 11 is 5.81. The molecule has 0 amide bonds. The van der Waals surface area contributed by atoms with Crippen molar-refractivity contribution in [1.82, 2.24) is 4.31 Å². The van der Waals surface area contributed by atoms with Gasteiger partial charge in [-0.05, 0) is 23.0 Å². The van der Waals surface area contributed by atoms with Gasteiger partial charge in [-0.3, -0.25) is 0 Å². The molecule has 0 atom stereocenters. The third kappa shape index (κ3) is 6.37. The SMILES string of the molecule is CC(C)CN(CC(C)C)S(=O)(=O)Cc1cccc(CCl)c1. The predicted octanol–water partition coefficient (Wildman–Crippen LogP) is 3.87. The third-order valence-corrected chi connectivity index (χ3v) is 5.12. The smallest absolute Gasteiger partial charge is 0.212 e. The van der Waals surface area contributed by atoms with Gasteiger partial charge >= 0.3 is 0 Å². The van der Waals surface area contributed by atoms with Gasteiger partial charge in [0.05, 0.1) is 5.75 Å². The van der Waals surface area contributed by atoms with Crippen LogP contribution in [0.2, 0.25) is 0 Å². The van der Waals surface area contributed by atoms with Crippen molar-refractivity contribution in [2.24, 2.45) is 11.8 Å². The summed E-state index contributed by atoms with van der Waals surface area (Å²) in [6.45, 7) is 9.29. The molecular formula is C16H26ClNO2S. The molecule has 0 aliphatic heterocycles. The summed E-state index contributed by atoms with van der Waals surface area (Å²) in [5.74, 6) is 1.06. The first kappa shape index (κ1) is 18.5. The molecule has 1 aromatic rings. The lowest BCUT2D eigenvalue weighted by Gasteiger charge is -2.25. The Morgan fingerprint density at radius 2 is 1.57 bits per heavy atom. The molecule has 0 saturated heterocycles. The number of sulfonamides is 1. The van der Waals surface area contributed by atoms with Crippen LogP contribution in [-0.4, -0.2) is 25.8 Å². The Balaban J connectivity index is 2.93. The highest BCUT2D eigenvalue weighted by molar-refractivity contribution is 7.88. The lowest BCUT2D eigenvalue weighted by Crippen LogP contribution is -2.37. The Kier molecular flexibility index (Phi) is 7.17. The fourth-order valence-electron chi connectivity index (χ4n) is 2.22. The number of rotatable bonds is 8. The van der Waals surface area contributed by atoms with Gasteiger partial charge in [0.15, 0.2) is 0 Å². The van der Waals surface area contributed by atoms with E-state index in [9.17, 15) is 8.42 Å². The van der Waals surface area contributed by atoms with Crippen LogP contribution < -0.4 is 0 Å². The zero-order valence-corrected chi connectivity index (χ0v) is 14.9. The molecular weight excluding hydrogens is 306 g/mol. The molecule has 3 nitrogen and oxygen atoms in total. The number of hydrogen-bond donors (Lipinski definition) is 0. The molecule has 1 rings (SSSR count). The van der Waals surface area contributed by atoms with Crippen molar-refractivity contribution in [3.8, 4) is 0 Å². The fraction of sp³-hybridized carbons (Fsp3) is 0.625. The van der Waals surface area contributed by atoms with Gasteiger partial charge in [0, 0.05) is 19.0 Å². The topological polar surface area (TPSA) is 37.4 Å². The molecule has 0 aliphatic rings. The van der Waals surface area contributed by atoms with Crippen LogP contribution in [0.1, 0.15) is 38.8 Å². The quantitative estimate of drug-likeness (QED) is 0.678. The van der Waals surface area contributed by atoms with Gasteiger partial charge in [-0.2, -0.15) is 0 Å². The maximum absolute atomic E-state index is 12.7. The molecule has 1 aromatic carbocycles. The van der Waals surface area contributed by atoms with Crippen molar-refractivity contribution >= 4 is 21.6 Å². The van der Waals surface area contributed by atoms with Crippen LogP contribution in [0.15, 0.2) is 24.3 Å². The van der Waals surface area contributed by atoms with Crippen LogP contribution in [-0.2, 0) is 21.7 Å². The van der Waals surface area contributed by atoms with Gasteiger partial charge in [0.25, 0.3) is 0 Å². The van der Waals surface area contributed by atoms with E-state index in [-0.39, 0.29) is 5.75 Å². The molecule has 0 aliphatic carbocycles. The molecule has 0 spiro atoms. The van der Waals surface area contributed by atoms with Gasteiger partial charge < -0.3 is 0 Å². The summed E-state index contributed by atoms with van der Waals surface area (Å²) in [6.07, 6.45) is 0. The Morgan fingerprint density at radius 3 is 2.05 bits per heavy atom. The first-order valence-electron chi connectivity index (χ1n) is 7.36. The molecule has 0 unspecified atom stereocenters. The number of hydrogen-bond acceptors (Lipinski definition) is 2. The Labute approximate surface area is 134 Å². The normalized spacial score (nSPS) is 12.6. The summed E-state index contributed by atoms with van der Waals surface area (Å²) in [4.78, 5) is 0. The number of halogens is 1. The van der Waals surface area contributed by atoms with E-state index in [1.54, 1.807) is 4.31 Å². The van der Waals surface area contributed by atoms with Crippen molar-refractivity contribution in [1.29, 1.82) is 0 Å². The van der Waals surface area contributed by atoms with Crippen LogP contribution in [0.5, 0.6) is 0 Å². The van der Waals surface area contributed by atoms with E-state index in [1.165, 1.54) is 0 Å². The second kappa shape index (κ2) is 8.16. The molecule has 0 fully saturated rings. The van der Waals surface area contributed by atoms with E-state index in [0.717, 1.165) is 11.1 Å². The Hall–Kier alpha value is -0.580. The van der Waals surface area contributed by atoms with E-state index < -0.39 is 10.0 Å². The van der Waals surface area contributed by atoms with Crippen LogP contribution in [0.25, 0.3) is 0 Å². The van der Waals surface area contributed by atoms with Gasteiger partial charge in [0.1, 0.15) is 0 Å². The maximum atomic E-state index is 12.7. The van der Waals surface area contributed by atoms with Crippen molar-refractivity contribution in [3.05, 3.63) is 35.4 Å². The van der Waals surface area contributed by atoms with E-state index >= 15 is 0 Å². The number of nitrogens with zero attached hydrogens (tertiary/aromatic N) is 1. The minimum absolute atomic E-state index is 0.0389. The third-order valence-electron chi connectivity index (χ3n) is 3.03. The largest absolute Gasteiger partial charge is 0.218 e. The van der Waals surface area contributed by atoms with Crippen LogP contribution >= 0.6 is 11.6 Å². The van der Waals surface area contributed by atoms with E-state index in [2.05, 4.69) is 0 Å². The lowest BCUT2D eigenvalue weighted by molar-refractivity contribution is 0.333. The number of alkyl halides is 1. The first-order valence-corrected chi connectivity index (χ1v) is 9.50. The van der Waals surface area contributed by atoms with Crippen molar-refractivity contribution in [3.63, 3.8) is 0 Å². The average Bonchev–Trinajstić information content (AvgIpc) is 2.36. The second-order valence-corrected chi connectivity index (χ2v) is 8.55. The molecule has 120 valence electrons. The molecule has 0 heterocycles. The lowest BCUT2D eigenvalue weighted by atomic mass is 10.2. The van der Waals surface area contributed by atoms with Gasteiger partial charge in [0.2, 0.25) is 10.0 Å². The molecule has 0 saturated carbocycles. The maximum Gasteiger partial charge on any atom is 0.218 e. The summed E-state index contributed by atoms with van der Waals surface area (Å²) < 4.78 is 26.9. The Bertz CT molecular complexity index is 531. The van der Waals surface area contributed by atoms with Crippen LogP contribution in [0.3, 0.4) is 0 Å². The van der Waals surface area contributed by atoms with Gasteiger partial charge in [-0.15, -0.1) is 11.6 Å². The van der Waals surface area contributed by atoms with Crippen molar-refractivity contribution in [2.45, 2.75) is 39.3 Å². The van der Waals surface area contributed by atoms with E-state index in [1.807, 2.05) is 52.0 Å². The summed E-state index contributed by atoms with van der Waals surface area (Å²) in [6, 6.07) is 7.48. The highest BCUT2D eigenvalue weighted by Gasteiger charge is 2.24. The summed E-state index contributed by atoms with van der Waals surface area (Å²) in [7, 11) is -3.30. The van der Waals surface area contributed by atoms with E-state index in [4.69, 9.17) is 11.6 Å². The molecule has 0 N–H and O–H groups in total. The number of benzene rings is 1. The minimum atomic E-state index is -3.30. The first-order chi connectivity index (χ1) is 9.74. The predicted molar refractivity (Wildman–Crippen MR) is 89.9 cm³/mol. The molecule has 5 heteroatoms. The molecule has 21 heavy (non-hydrogen) atoms. The van der Waals surface area contributed by atoms with Crippen molar-refractivity contribution < 1.29 is 8.42 Å². The van der Waals surface area contributed by atoms with Crippen molar-refractivity contribution in [2.75, 3.05) is 13.1 Å². The zero-order chi connectivity index (χ0) is 16.0.